The van der Waals surface area contributed by atoms with Gasteiger partial charge in [-0.1, -0.05) is 48.5 Å². The normalized spacial score (nSPS) is 14.2. The minimum absolute atomic E-state index is 0.0700. The van der Waals surface area contributed by atoms with Gasteiger partial charge < -0.3 is 26.7 Å². The monoisotopic (exact) mass is 569 g/mol. The number of amides is 2. The van der Waals surface area contributed by atoms with Crippen LogP contribution in [0.5, 0.6) is 0 Å². The van der Waals surface area contributed by atoms with Gasteiger partial charge in [-0.2, -0.15) is 0 Å². The van der Waals surface area contributed by atoms with Crippen LogP contribution in [0.1, 0.15) is 15.9 Å². The molecule has 0 fully saturated rings. The fourth-order valence-electron chi connectivity index (χ4n) is 5.36. The summed E-state index contributed by atoms with van der Waals surface area (Å²) in [5, 5.41) is 12.6. The number of fused-ring (bicyclic) bond motifs is 2. The van der Waals surface area contributed by atoms with Crippen molar-refractivity contribution in [2.45, 2.75) is 12.5 Å². The highest BCUT2D eigenvalue weighted by Gasteiger charge is 2.26. The van der Waals surface area contributed by atoms with Crippen LogP contribution in [-0.2, 0) is 11.2 Å². The summed E-state index contributed by atoms with van der Waals surface area (Å²) in [4.78, 5) is 30.4. The van der Waals surface area contributed by atoms with Gasteiger partial charge in [-0.15, -0.1) is 11.3 Å². The third-order valence-corrected chi connectivity index (χ3v) is 8.53. The van der Waals surface area contributed by atoms with Gasteiger partial charge in [0.2, 0.25) is 5.91 Å². The second-order valence-electron chi connectivity index (χ2n) is 10.3. The lowest BCUT2D eigenvalue weighted by molar-refractivity contribution is -0.117. The molecular weight excluding hydrogens is 542 g/mol. The predicted octanol–water partition coefficient (Wildman–Crippen LogP) is 7.37. The Morgan fingerprint density at radius 3 is 2.50 bits per heavy atom. The number of anilines is 4. The smallest absolute Gasteiger partial charge is 0.255 e. The number of aromatic amines is 1. The molecule has 2 aromatic heterocycles. The van der Waals surface area contributed by atoms with E-state index in [1.165, 1.54) is 0 Å². The lowest BCUT2D eigenvalue weighted by Gasteiger charge is -2.27. The summed E-state index contributed by atoms with van der Waals surface area (Å²) in [5.74, 6) is -0.306. The predicted molar refractivity (Wildman–Crippen MR) is 172 cm³/mol. The maximum Gasteiger partial charge on any atom is 0.255 e. The SMILES string of the molecule is Nc1ccc(-c2cccs2)cc1NC(=O)c1ccc(-c2ccc3c(c2)NC(=O)C(Cc2c[nH]c4ccccc24)N3)cc1. The molecule has 6 aromatic rings. The second-order valence-corrected chi connectivity index (χ2v) is 11.3. The van der Waals surface area contributed by atoms with Crippen molar-refractivity contribution in [1.29, 1.82) is 0 Å². The van der Waals surface area contributed by atoms with Crippen molar-refractivity contribution in [2.75, 3.05) is 21.7 Å². The largest absolute Gasteiger partial charge is 0.397 e. The molecular formula is C34H27N5O2S. The Labute approximate surface area is 246 Å². The van der Waals surface area contributed by atoms with Gasteiger partial charge in [0.1, 0.15) is 6.04 Å². The number of hydrogen-bond donors (Lipinski definition) is 5. The molecule has 2 amide bonds. The molecule has 0 saturated heterocycles. The first kappa shape index (κ1) is 25.6. The van der Waals surface area contributed by atoms with Crippen molar-refractivity contribution < 1.29 is 9.59 Å². The molecule has 0 saturated carbocycles. The molecule has 0 bridgehead atoms. The third-order valence-electron chi connectivity index (χ3n) is 7.61. The molecule has 206 valence electrons. The van der Waals surface area contributed by atoms with Crippen molar-refractivity contribution in [2.24, 2.45) is 0 Å². The highest BCUT2D eigenvalue weighted by molar-refractivity contribution is 7.13. The van der Waals surface area contributed by atoms with Crippen LogP contribution in [0.25, 0.3) is 32.5 Å². The molecule has 8 heteroatoms. The number of nitrogen functional groups attached to an aromatic ring is 1. The van der Waals surface area contributed by atoms with Gasteiger partial charge in [0.25, 0.3) is 5.91 Å². The minimum atomic E-state index is -0.375. The summed E-state index contributed by atoms with van der Waals surface area (Å²) < 4.78 is 0. The van der Waals surface area contributed by atoms with Crippen molar-refractivity contribution in [3.05, 3.63) is 120 Å². The summed E-state index contributed by atoms with van der Waals surface area (Å²) in [7, 11) is 0. The second kappa shape index (κ2) is 10.6. The van der Waals surface area contributed by atoms with E-state index < -0.39 is 0 Å². The van der Waals surface area contributed by atoms with Gasteiger partial charge in [-0.05, 0) is 76.2 Å². The fraction of sp³-hybridized carbons (Fsp3) is 0.0588. The van der Waals surface area contributed by atoms with E-state index in [1.54, 1.807) is 23.5 Å². The average molecular weight is 570 g/mol. The van der Waals surface area contributed by atoms with Gasteiger partial charge >= 0.3 is 0 Å². The van der Waals surface area contributed by atoms with Crippen molar-refractivity contribution >= 4 is 56.8 Å². The standard InChI is InChI=1S/C34H27N5O2S/c35-26-13-11-23(32-6-3-15-42-32)17-29(26)38-33(40)21-9-7-20(8-10-21)22-12-14-28-30(16-22)39-34(41)31(37-28)18-24-19-36-27-5-2-1-4-25(24)27/h1-17,19,31,36-37H,18,35H2,(H,38,40)(H,39,41). The van der Waals surface area contributed by atoms with Crippen LogP contribution in [0.4, 0.5) is 22.7 Å². The van der Waals surface area contributed by atoms with Gasteiger partial charge in [0.15, 0.2) is 0 Å². The molecule has 1 aliphatic heterocycles. The zero-order valence-corrected chi connectivity index (χ0v) is 23.3. The Bertz CT molecular complexity index is 1940. The first-order valence-electron chi connectivity index (χ1n) is 13.6. The Morgan fingerprint density at radius 2 is 1.67 bits per heavy atom. The number of benzene rings is 4. The first-order valence-corrected chi connectivity index (χ1v) is 14.5. The lowest BCUT2D eigenvalue weighted by atomic mass is 9.99. The molecule has 1 atom stereocenters. The van der Waals surface area contributed by atoms with Crippen molar-refractivity contribution in [3.63, 3.8) is 0 Å². The van der Waals surface area contributed by atoms with E-state index >= 15 is 0 Å². The zero-order chi connectivity index (χ0) is 28.6. The van der Waals surface area contributed by atoms with E-state index in [0.29, 0.717) is 23.4 Å². The van der Waals surface area contributed by atoms with E-state index in [4.69, 9.17) is 5.73 Å². The summed E-state index contributed by atoms with van der Waals surface area (Å²) in [6, 6.07) is 30.7. The average Bonchev–Trinajstić information content (AvgIpc) is 3.70. The van der Waals surface area contributed by atoms with Crippen molar-refractivity contribution in [1.82, 2.24) is 4.98 Å². The number of para-hydroxylation sites is 1. The van der Waals surface area contributed by atoms with E-state index in [2.05, 4.69) is 27.0 Å². The number of aromatic nitrogens is 1. The Hall–Kier alpha value is -5.34. The van der Waals surface area contributed by atoms with Gasteiger partial charge in [0, 0.05) is 34.0 Å². The number of rotatable bonds is 6. The third kappa shape index (κ3) is 4.88. The van der Waals surface area contributed by atoms with Gasteiger partial charge in [0.05, 0.1) is 22.7 Å². The van der Waals surface area contributed by atoms with Crippen LogP contribution >= 0.6 is 11.3 Å². The summed E-state index contributed by atoms with van der Waals surface area (Å²) in [5.41, 5.74) is 14.4. The molecule has 0 spiro atoms. The molecule has 0 aliphatic carbocycles. The summed E-state index contributed by atoms with van der Waals surface area (Å²) in [6.45, 7) is 0. The molecule has 7 nitrogen and oxygen atoms in total. The van der Waals surface area contributed by atoms with Gasteiger partial charge in [-0.3, -0.25) is 9.59 Å². The summed E-state index contributed by atoms with van der Waals surface area (Å²) >= 11 is 1.63. The molecule has 0 radical (unpaired) electrons. The zero-order valence-electron chi connectivity index (χ0n) is 22.5. The fourth-order valence-corrected chi connectivity index (χ4v) is 6.08. The van der Waals surface area contributed by atoms with Crippen LogP contribution in [0.2, 0.25) is 0 Å². The topological polar surface area (TPSA) is 112 Å². The number of H-pyrrole nitrogens is 1. The molecule has 6 N–H and O–H groups in total. The van der Waals surface area contributed by atoms with E-state index in [0.717, 1.165) is 49.4 Å². The molecule has 4 aromatic carbocycles. The van der Waals surface area contributed by atoms with Crippen LogP contribution in [0, 0.1) is 0 Å². The van der Waals surface area contributed by atoms with Crippen LogP contribution in [-0.4, -0.2) is 22.8 Å². The van der Waals surface area contributed by atoms with E-state index in [1.807, 2.05) is 90.4 Å². The van der Waals surface area contributed by atoms with Crippen LogP contribution < -0.4 is 21.7 Å². The van der Waals surface area contributed by atoms with E-state index in [-0.39, 0.29) is 17.9 Å². The van der Waals surface area contributed by atoms with Crippen LogP contribution in [0.15, 0.2) is 109 Å². The Kier molecular flexibility index (Phi) is 6.45. The minimum Gasteiger partial charge on any atom is -0.397 e. The number of thiophene rings is 1. The number of nitrogens with two attached hydrogens (primary N) is 1. The maximum absolute atomic E-state index is 13.0. The first-order chi connectivity index (χ1) is 20.5. The Morgan fingerprint density at radius 1 is 0.857 bits per heavy atom. The molecule has 7 rings (SSSR count). The maximum atomic E-state index is 13.0. The number of hydrogen-bond acceptors (Lipinski definition) is 5. The number of carbonyl (C=O) groups excluding carboxylic acids is 2. The van der Waals surface area contributed by atoms with Gasteiger partial charge in [-0.25, -0.2) is 0 Å². The summed E-state index contributed by atoms with van der Waals surface area (Å²) in [6.07, 6.45) is 2.55. The van der Waals surface area contributed by atoms with Crippen molar-refractivity contribution in [3.8, 4) is 21.6 Å². The molecule has 3 heterocycles. The number of nitrogens with one attached hydrogen (secondary N) is 4. The number of carbonyl (C=O) groups is 2. The Balaban J connectivity index is 1.05. The highest BCUT2D eigenvalue weighted by Crippen LogP contribution is 2.34. The molecule has 1 aliphatic rings. The highest BCUT2D eigenvalue weighted by atomic mass is 32.1. The lowest BCUT2D eigenvalue weighted by Crippen LogP contribution is -2.40. The quantitative estimate of drug-likeness (QED) is 0.135. The molecule has 42 heavy (non-hydrogen) atoms. The van der Waals surface area contributed by atoms with Crippen LogP contribution in [0.3, 0.4) is 0 Å². The van der Waals surface area contributed by atoms with E-state index in [9.17, 15) is 9.59 Å². The molecule has 1 unspecified atom stereocenters.